The average Bonchev–Trinajstić information content (AvgIpc) is 2.59. The van der Waals surface area contributed by atoms with Crippen LogP contribution < -0.4 is 10.1 Å². The lowest BCUT2D eigenvalue weighted by Gasteiger charge is -2.16. The molecule has 1 saturated heterocycles. The first-order valence-electron chi connectivity index (χ1n) is 4.03. The molecule has 0 aromatic rings. The smallest absolute Gasteiger partial charge is 0.220 e. The predicted molar refractivity (Wildman–Crippen MR) is 58.1 cm³/mol. The van der Waals surface area contributed by atoms with E-state index in [1.54, 1.807) is 18.0 Å². The molecule has 72 valence electrons. The molecule has 0 unspecified atom stereocenters. The number of guanidine groups is 1. The molecule has 0 amide bonds. The Labute approximate surface area is 82.9 Å². The van der Waals surface area contributed by atoms with Gasteiger partial charge in [0.15, 0.2) is 0 Å². The van der Waals surface area contributed by atoms with Gasteiger partial charge in [0.25, 0.3) is 0 Å². The molecule has 0 radical (unpaired) electrons. The van der Waals surface area contributed by atoms with Crippen molar-refractivity contribution >= 4 is 17.9 Å². The van der Waals surface area contributed by atoms with Crippen LogP contribution in [0.5, 0.6) is 0 Å². The lowest BCUT2D eigenvalue weighted by Crippen LogP contribution is -2.41. The Morgan fingerprint density at radius 2 is 2.46 bits per heavy atom. The zero-order valence-corrected chi connectivity index (χ0v) is 8.31. The highest BCUT2D eigenvalue weighted by molar-refractivity contribution is 7.98. The van der Waals surface area contributed by atoms with Crippen LogP contribution >= 0.6 is 11.9 Å². The second kappa shape index (κ2) is 5.66. The predicted octanol–water partition coefficient (Wildman–Crippen LogP) is 0.730. The Hall–Kier alpha value is -0.940. The molecule has 1 aliphatic heterocycles. The van der Waals surface area contributed by atoms with Gasteiger partial charge in [0, 0.05) is 6.54 Å². The molecule has 1 fully saturated rings. The molecule has 1 rings (SSSR count). The lowest BCUT2D eigenvalue weighted by atomic mass is 10.6. The molecule has 13 heavy (non-hydrogen) atoms. The van der Waals surface area contributed by atoms with Crippen molar-refractivity contribution in [2.45, 2.75) is 0 Å². The highest BCUT2D eigenvalue weighted by atomic mass is 32.2. The zero-order valence-electron chi connectivity index (χ0n) is 7.49. The minimum Gasteiger partial charge on any atom is -0.298 e. The van der Waals surface area contributed by atoms with Crippen LogP contribution in [0.4, 0.5) is 0 Å². The summed E-state index contributed by atoms with van der Waals surface area (Å²) in [5.41, 5.74) is 3.16. The van der Waals surface area contributed by atoms with Crippen LogP contribution in [0.3, 0.4) is 0 Å². The zero-order chi connectivity index (χ0) is 9.52. The van der Waals surface area contributed by atoms with Crippen LogP contribution in [0.15, 0.2) is 30.3 Å². The van der Waals surface area contributed by atoms with E-state index < -0.39 is 0 Å². The van der Waals surface area contributed by atoms with E-state index in [2.05, 4.69) is 28.3 Å². The Bertz CT molecular complexity index is 214. The van der Waals surface area contributed by atoms with Gasteiger partial charge in [-0.3, -0.25) is 9.73 Å². The second-order valence-electron chi connectivity index (χ2n) is 2.41. The summed E-state index contributed by atoms with van der Waals surface area (Å²) in [5.74, 6) is 1.70. The maximum absolute atomic E-state index is 4.27. The molecule has 5 heteroatoms. The van der Waals surface area contributed by atoms with Gasteiger partial charge in [-0.25, -0.2) is 10.4 Å². The second-order valence-corrected chi connectivity index (χ2v) is 3.16. The highest BCUT2D eigenvalue weighted by Crippen LogP contribution is 2.07. The molecule has 0 aromatic carbocycles. The van der Waals surface area contributed by atoms with Crippen LogP contribution in [0.2, 0.25) is 0 Å². The van der Waals surface area contributed by atoms with Gasteiger partial charge in [-0.2, -0.15) is 0 Å². The van der Waals surface area contributed by atoms with Crippen molar-refractivity contribution in [1.29, 1.82) is 0 Å². The van der Waals surface area contributed by atoms with Crippen molar-refractivity contribution in [3.8, 4) is 0 Å². The number of nitrogens with zero attached hydrogens (tertiary/aromatic N) is 2. The van der Waals surface area contributed by atoms with Crippen LogP contribution in [-0.4, -0.2) is 29.9 Å². The van der Waals surface area contributed by atoms with E-state index in [-0.39, 0.29) is 0 Å². The van der Waals surface area contributed by atoms with Crippen LogP contribution in [0.1, 0.15) is 0 Å². The van der Waals surface area contributed by atoms with Crippen LogP contribution in [-0.2, 0) is 0 Å². The third kappa shape index (κ3) is 3.12. The van der Waals surface area contributed by atoms with Crippen molar-refractivity contribution < 1.29 is 0 Å². The van der Waals surface area contributed by atoms with Gasteiger partial charge in [0.1, 0.15) is 5.88 Å². The van der Waals surface area contributed by atoms with Gasteiger partial charge >= 0.3 is 0 Å². The summed E-state index contributed by atoms with van der Waals surface area (Å²) in [6.45, 7) is 8.63. The van der Waals surface area contributed by atoms with Crippen molar-refractivity contribution in [2.75, 3.05) is 19.0 Å². The van der Waals surface area contributed by atoms with Crippen molar-refractivity contribution in [1.82, 2.24) is 15.2 Å². The van der Waals surface area contributed by atoms with Gasteiger partial charge < -0.3 is 0 Å². The van der Waals surface area contributed by atoms with Crippen molar-refractivity contribution in [3.63, 3.8) is 0 Å². The number of aliphatic imine (C=N–C) groups is 1. The van der Waals surface area contributed by atoms with Gasteiger partial charge in [-0.1, -0.05) is 12.2 Å². The Morgan fingerprint density at radius 1 is 1.62 bits per heavy atom. The topological polar surface area (TPSA) is 39.7 Å². The number of nitrogens with one attached hydrogen (secondary N) is 2. The molecule has 0 atom stereocenters. The van der Waals surface area contributed by atoms with Crippen molar-refractivity contribution in [2.24, 2.45) is 4.99 Å². The fourth-order valence-corrected chi connectivity index (χ4v) is 1.55. The van der Waals surface area contributed by atoms with Gasteiger partial charge in [0.2, 0.25) is 5.96 Å². The molecule has 0 spiro atoms. The molecule has 1 heterocycles. The quantitative estimate of drug-likeness (QED) is 0.504. The number of hydrazine groups is 1. The first kappa shape index (κ1) is 10.1. The Kier molecular flexibility index (Phi) is 4.42. The molecule has 1 aliphatic rings. The maximum atomic E-state index is 4.27. The summed E-state index contributed by atoms with van der Waals surface area (Å²) in [7, 11) is 0. The van der Waals surface area contributed by atoms with E-state index >= 15 is 0 Å². The monoisotopic (exact) mass is 198 g/mol. The largest absolute Gasteiger partial charge is 0.298 e. The summed E-state index contributed by atoms with van der Waals surface area (Å²) in [5, 5.41) is 1.95. The Balaban J connectivity index is 2.42. The van der Waals surface area contributed by atoms with Gasteiger partial charge in [-0.15, -0.1) is 13.2 Å². The minimum atomic E-state index is 0.634. The SMILES string of the molecule is C=CCN=C1NSCN1NCC=C. The molecule has 4 nitrogen and oxygen atoms in total. The molecule has 0 saturated carbocycles. The number of rotatable bonds is 5. The van der Waals surface area contributed by atoms with E-state index in [4.69, 9.17) is 0 Å². The average molecular weight is 198 g/mol. The summed E-state index contributed by atoms with van der Waals surface area (Å²) in [6, 6.07) is 0. The van der Waals surface area contributed by atoms with E-state index in [0.29, 0.717) is 6.54 Å². The molecular formula is C8H14N4S. The normalized spacial score (nSPS) is 18.8. The summed E-state index contributed by atoms with van der Waals surface area (Å²) in [4.78, 5) is 4.27. The molecule has 0 aliphatic carbocycles. The van der Waals surface area contributed by atoms with Crippen molar-refractivity contribution in [3.05, 3.63) is 25.3 Å². The molecule has 0 aromatic heterocycles. The van der Waals surface area contributed by atoms with E-state index in [1.807, 2.05) is 11.1 Å². The van der Waals surface area contributed by atoms with E-state index in [9.17, 15) is 0 Å². The van der Waals surface area contributed by atoms with Crippen LogP contribution in [0.25, 0.3) is 0 Å². The van der Waals surface area contributed by atoms with E-state index in [1.165, 1.54) is 0 Å². The Morgan fingerprint density at radius 3 is 3.15 bits per heavy atom. The van der Waals surface area contributed by atoms with E-state index in [0.717, 1.165) is 18.4 Å². The fourth-order valence-electron chi connectivity index (χ4n) is 0.842. The minimum absolute atomic E-state index is 0.634. The molecular weight excluding hydrogens is 184 g/mol. The summed E-state index contributed by atoms with van der Waals surface area (Å²) >= 11 is 1.61. The van der Waals surface area contributed by atoms with Gasteiger partial charge in [-0.05, 0) is 11.9 Å². The summed E-state index contributed by atoms with van der Waals surface area (Å²) < 4.78 is 3.10. The van der Waals surface area contributed by atoms with Gasteiger partial charge in [0.05, 0.1) is 6.54 Å². The van der Waals surface area contributed by atoms with Crippen LogP contribution in [0, 0.1) is 0 Å². The first-order chi connectivity index (χ1) is 6.38. The third-order valence-corrected chi connectivity index (χ3v) is 2.12. The lowest BCUT2D eigenvalue weighted by molar-refractivity contribution is 0.376. The molecule has 0 bridgehead atoms. The molecule has 2 N–H and O–H groups in total. The first-order valence-corrected chi connectivity index (χ1v) is 5.02. The maximum Gasteiger partial charge on any atom is 0.220 e. The fraction of sp³-hybridized carbons (Fsp3) is 0.375. The highest BCUT2D eigenvalue weighted by Gasteiger charge is 2.16. The number of hydrogen-bond donors (Lipinski definition) is 2. The summed E-state index contributed by atoms with van der Waals surface area (Å²) in [6.07, 6.45) is 3.58. The number of hydrogen-bond acceptors (Lipinski definition) is 3. The standard InChI is InChI=1S/C8H14N4S/c1-3-5-9-8-11-13-7-12(8)10-6-4-2/h3-4,10H,1-2,5-7H2,(H,9,11). The third-order valence-electron chi connectivity index (χ3n) is 1.41.